The van der Waals surface area contributed by atoms with Gasteiger partial charge < -0.3 is 20.3 Å². The van der Waals surface area contributed by atoms with Crippen LogP contribution in [0.15, 0.2) is 0 Å². The molecule has 3 N–H and O–H groups in total. The van der Waals surface area contributed by atoms with E-state index in [1.165, 1.54) is 0 Å². The van der Waals surface area contributed by atoms with E-state index >= 15 is 0 Å². The molecule has 2 aliphatic rings. The summed E-state index contributed by atoms with van der Waals surface area (Å²) in [7, 11) is 0. The van der Waals surface area contributed by atoms with Crippen molar-refractivity contribution in [1.29, 1.82) is 0 Å². The minimum Gasteiger partial charge on any atom is -0.479 e. The predicted molar refractivity (Wildman–Crippen MR) is 66.5 cm³/mol. The third kappa shape index (κ3) is 3.67. The van der Waals surface area contributed by atoms with Crippen molar-refractivity contribution in [1.82, 2.24) is 5.32 Å². The second-order valence-corrected chi connectivity index (χ2v) is 5.39. The number of carboxylic acid groups (broad SMARTS) is 1. The second-order valence-electron chi connectivity index (χ2n) is 5.39. The maximum Gasteiger partial charge on any atom is 0.332 e. The fourth-order valence-electron chi connectivity index (χ4n) is 2.78. The number of hydrogen-bond donors (Lipinski definition) is 3. The molecule has 4 unspecified atom stereocenters. The maximum atomic E-state index is 11.9. The van der Waals surface area contributed by atoms with Crippen LogP contribution in [0.1, 0.15) is 38.5 Å². The zero-order chi connectivity index (χ0) is 13.8. The number of aliphatic hydroxyl groups excluding tert-OH is 1. The van der Waals surface area contributed by atoms with Crippen LogP contribution in [-0.4, -0.2) is 46.9 Å². The number of aliphatic hydroxyl groups is 1. The molecule has 0 aromatic rings. The SMILES string of the molecule is O=C(O)C1CCC(C(=O)NCC2CCCCC2O)O1. The van der Waals surface area contributed by atoms with Crippen molar-refractivity contribution in [2.45, 2.75) is 56.8 Å². The molecule has 19 heavy (non-hydrogen) atoms. The molecule has 2 rings (SSSR count). The molecule has 0 bridgehead atoms. The summed E-state index contributed by atoms with van der Waals surface area (Å²) in [5.41, 5.74) is 0. The molecule has 0 aromatic heterocycles. The minimum atomic E-state index is -1.02. The standard InChI is InChI=1S/C13H21NO5/c15-9-4-2-1-3-8(9)7-14-12(16)10-5-6-11(19-10)13(17)18/h8-11,15H,1-7H2,(H,14,16)(H,17,18). The summed E-state index contributed by atoms with van der Waals surface area (Å²) < 4.78 is 5.18. The fraction of sp³-hybridized carbons (Fsp3) is 0.846. The summed E-state index contributed by atoms with van der Waals surface area (Å²) >= 11 is 0. The number of amides is 1. The highest BCUT2D eigenvalue weighted by Gasteiger charge is 2.35. The summed E-state index contributed by atoms with van der Waals surface area (Å²) in [6.07, 6.45) is 2.78. The Balaban J connectivity index is 1.74. The Bertz CT molecular complexity index is 346. The molecule has 1 aliphatic heterocycles. The Kier molecular flexibility index (Phi) is 4.76. The lowest BCUT2D eigenvalue weighted by molar-refractivity contribution is -0.151. The average molecular weight is 271 g/mol. The lowest BCUT2D eigenvalue weighted by Gasteiger charge is -2.28. The van der Waals surface area contributed by atoms with Crippen LogP contribution >= 0.6 is 0 Å². The van der Waals surface area contributed by atoms with Crippen LogP contribution in [0.2, 0.25) is 0 Å². The van der Waals surface area contributed by atoms with E-state index in [1.807, 2.05) is 0 Å². The monoisotopic (exact) mass is 271 g/mol. The first-order chi connectivity index (χ1) is 9.08. The third-order valence-corrected chi connectivity index (χ3v) is 3.99. The van der Waals surface area contributed by atoms with Gasteiger partial charge in [0.2, 0.25) is 5.91 Å². The molecule has 108 valence electrons. The van der Waals surface area contributed by atoms with Gasteiger partial charge in [-0.05, 0) is 25.7 Å². The Hall–Kier alpha value is -1.14. The van der Waals surface area contributed by atoms with Crippen molar-refractivity contribution in [3.05, 3.63) is 0 Å². The highest BCUT2D eigenvalue weighted by Crippen LogP contribution is 2.24. The highest BCUT2D eigenvalue weighted by molar-refractivity contribution is 5.82. The summed E-state index contributed by atoms with van der Waals surface area (Å²) in [6, 6.07) is 0. The van der Waals surface area contributed by atoms with Crippen LogP contribution in [0.5, 0.6) is 0 Å². The molecular formula is C13H21NO5. The van der Waals surface area contributed by atoms with Gasteiger partial charge in [-0.25, -0.2) is 4.79 Å². The average Bonchev–Trinajstić information content (AvgIpc) is 2.87. The van der Waals surface area contributed by atoms with Crippen molar-refractivity contribution in [2.75, 3.05) is 6.54 Å². The summed E-state index contributed by atoms with van der Waals surface area (Å²) in [5.74, 6) is -1.17. The first-order valence-electron chi connectivity index (χ1n) is 6.92. The van der Waals surface area contributed by atoms with Gasteiger partial charge in [0.25, 0.3) is 0 Å². The van der Waals surface area contributed by atoms with E-state index < -0.39 is 18.2 Å². The van der Waals surface area contributed by atoms with Crippen molar-refractivity contribution < 1.29 is 24.5 Å². The number of aliphatic carboxylic acids is 1. The molecule has 1 heterocycles. The van der Waals surface area contributed by atoms with Crippen molar-refractivity contribution in [3.63, 3.8) is 0 Å². The molecule has 0 radical (unpaired) electrons. The van der Waals surface area contributed by atoms with E-state index in [9.17, 15) is 14.7 Å². The van der Waals surface area contributed by atoms with Gasteiger partial charge in [-0.1, -0.05) is 12.8 Å². The minimum absolute atomic E-state index is 0.106. The predicted octanol–water partition coefficient (Wildman–Crippen LogP) is 0.286. The molecule has 0 aromatic carbocycles. The van der Waals surface area contributed by atoms with Crippen LogP contribution in [0, 0.1) is 5.92 Å². The summed E-state index contributed by atoms with van der Waals surface area (Å²) in [4.78, 5) is 22.6. The number of hydrogen-bond acceptors (Lipinski definition) is 4. The van der Waals surface area contributed by atoms with E-state index in [0.29, 0.717) is 19.4 Å². The topological polar surface area (TPSA) is 95.9 Å². The molecule has 4 atom stereocenters. The van der Waals surface area contributed by atoms with Gasteiger partial charge in [-0.15, -0.1) is 0 Å². The number of nitrogens with one attached hydrogen (secondary N) is 1. The first-order valence-corrected chi connectivity index (χ1v) is 6.92. The van der Waals surface area contributed by atoms with Gasteiger partial charge >= 0.3 is 5.97 Å². The second kappa shape index (κ2) is 6.34. The van der Waals surface area contributed by atoms with Gasteiger partial charge in [0.15, 0.2) is 6.10 Å². The van der Waals surface area contributed by atoms with Gasteiger partial charge in [0.05, 0.1) is 6.10 Å². The van der Waals surface area contributed by atoms with Gasteiger partial charge in [0.1, 0.15) is 6.10 Å². The van der Waals surface area contributed by atoms with Gasteiger partial charge in [-0.3, -0.25) is 4.79 Å². The number of carbonyl (C=O) groups excluding carboxylic acids is 1. The van der Waals surface area contributed by atoms with Gasteiger partial charge in [0, 0.05) is 12.5 Å². The lowest BCUT2D eigenvalue weighted by atomic mass is 9.86. The Morgan fingerprint density at radius 2 is 1.79 bits per heavy atom. The number of carboxylic acids is 1. The van der Waals surface area contributed by atoms with E-state index in [1.54, 1.807) is 0 Å². The Morgan fingerprint density at radius 1 is 1.11 bits per heavy atom. The Labute approximate surface area is 112 Å². The van der Waals surface area contributed by atoms with Crippen molar-refractivity contribution >= 4 is 11.9 Å². The number of rotatable bonds is 4. The zero-order valence-corrected chi connectivity index (χ0v) is 10.9. The van der Waals surface area contributed by atoms with Crippen LogP contribution in [0.25, 0.3) is 0 Å². The largest absolute Gasteiger partial charge is 0.479 e. The van der Waals surface area contributed by atoms with Crippen molar-refractivity contribution in [2.24, 2.45) is 5.92 Å². The number of ether oxygens (including phenoxy) is 1. The van der Waals surface area contributed by atoms with Crippen LogP contribution in [0.4, 0.5) is 0 Å². The van der Waals surface area contributed by atoms with Crippen LogP contribution < -0.4 is 5.32 Å². The van der Waals surface area contributed by atoms with Crippen LogP contribution in [-0.2, 0) is 14.3 Å². The molecule has 1 amide bonds. The molecule has 6 nitrogen and oxygen atoms in total. The fourth-order valence-corrected chi connectivity index (χ4v) is 2.78. The molecule has 6 heteroatoms. The van der Waals surface area contributed by atoms with Gasteiger partial charge in [-0.2, -0.15) is 0 Å². The highest BCUT2D eigenvalue weighted by atomic mass is 16.5. The summed E-state index contributed by atoms with van der Waals surface area (Å²) in [5, 5.41) is 21.4. The molecule has 2 fully saturated rings. The first kappa shape index (κ1) is 14.3. The lowest BCUT2D eigenvalue weighted by Crippen LogP contribution is -2.41. The van der Waals surface area contributed by atoms with Crippen molar-refractivity contribution in [3.8, 4) is 0 Å². The molecule has 1 saturated heterocycles. The number of carbonyl (C=O) groups is 2. The van der Waals surface area contributed by atoms with E-state index in [4.69, 9.17) is 9.84 Å². The quantitative estimate of drug-likeness (QED) is 0.683. The summed E-state index contributed by atoms with van der Waals surface area (Å²) in [6.45, 7) is 0.442. The van der Waals surface area contributed by atoms with Crippen LogP contribution in [0.3, 0.4) is 0 Å². The normalized spacial score (nSPS) is 35.0. The molecule has 0 spiro atoms. The molecule has 1 aliphatic carbocycles. The molecule has 1 saturated carbocycles. The van der Waals surface area contributed by atoms with E-state index in [2.05, 4.69) is 5.32 Å². The smallest absolute Gasteiger partial charge is 0.332 e. The zero-order valence-electron chi connectivity index (χ0n) is 10.9. The Morgan fingerprint density at radius 3 is 2.42 bits per heavy atom. The third-order valence-electron chi connectivity index (χ3n) is 3.99. The maximum absolute atomic E-state index is 11.9. The molecular weight excluding hydrogens is 250 g/mol. The van der Waals surface area contributed by atoms with E-state index in [-0.39, 0.29) is 17.9 Å². The van der Waals surface area contributed by atoms with E-state index in [0.717, 1.165) is 25.7 Å².